The van der Waals surface area contributed by atoms with E-state index in [9.17, 15) is 9.18 Å². The number of anilines is 1. The SMILES string of the molecule is CC(C)(C)CNc1cc(F)ccc1C(=O)NCc1ccc(Br)cc1. The van der Waals surface area contributed by atoms with E-state index in [1.807, 2.05) is 24.3 Å². The van der Waals surface area contributed by atoms with Gasteiger partial charge in [-0.3, -0.25) is 4.79 Å². The molecule has 2 aromatic carbocycles. The molecule has 0 atom stereocenters. The fourth-order valence-electron chi connectivity index (χ4n) is 2.10. The van der Waals surface area contributed by atoms with Gasteiger partial charge in [0.1, 0.15) is 5.82 Å². The molecule has 24 heavy (non-hydrogen) atoms. The first kappa shape index (κ1) is 18.5. The molecule has 0 spiro atoms. The summed E-state index contributed by atoms with van der Waals surface area (Å²) in [6.45, 7) is 7.29. The van der Waals surface area contributed by atoms with E-state index < -0.39 is 0 Å². The number of halogens is 2. The highest BCUT2D eigenvalue weighted by Gasteiger charge is 2.15. The molecule has 0 aliphatic carbocycles. The zero-order valence-electron chi connectivity index (χ0n) is 14.1. The number of carbonyl (C=O) groups is 1. The number of nitrogens with one attached hydrogen (secondary N) is 2. The van der Waals surface area contributed by atoms with Gasteiger partial charge in [0, 0.05) is 23.2 Å². The summed E-state index contributed by atoms with van der Waals surface area (Å²) in [6.07, 6.45) is 0. The molecule has 1 amide bonds. The predicted octanol–water partition coefficient (Wildman–Crippen LogP) is 4.98. The van der Waals surface area contributed by atoms with Crippen molar-refractivity contribution in [1.29, 1.82) is 0 Å². The topological polar surface area (TPSA) is 41.1 Å². The monoisotopic (exact) mass is 392 g/mol. The third-order valence-electron chi connectivity index (χ3n) is 3.40. The van der Waals surface area contributed by atoms with E-state index in [1.54, 1.807) is 0 Å². The molecule has 0 unspecified atom stereocenters. The van der Waals surface area contributed by atoms with Gasteiger partial charge in [-0.05, 0) is 41.3 Å². The van der Waals surface area contributed by atoms with E-state index in [-0.39, 0.29) is 17.1 Å². The van der Waals surface area contributed by atoms with Crippen molar-refractivity contribution in [2.45, 2.75) is 27.3 Å². The Bertz CT molecular complexity index is 708. The highest BCUT2D eigenvalue weighted by atomic mass is 79.9. The molecule has 0 aliphatic heterocycles. The predicted molar refractivity (Wildman–Crippen MR) is 99.7 cm³/mol. The smallest absolute Gasteiger partial charge is 0.253 e. The molecular formula is C19H22BrFN2O. The lowest BCUT2D eigenvalue weighted by molar-refractivity contribution is 0.0951. The lowest BCUT2D eigenvalue weighted by atomic mass is 9.96. The summed E-state index contributed by atoms with van der Waals surface area (Å²) < 4.78 is 14.5. The molecule has 3 nitrogen and oxygen atoms in total. The van der Waals surface area contributed by atoms with Crippen LogP contribution in [0.4, 0.5) is 10.1 Å². The molecule has 2 aromatic rings. The molecule has 5 heteroatoms. The van der Waals surface area contributed by atoms with Gasteiger partial charge in [0.05, 0.1) is 5.56 Å². The van der Waals surface area contributed by atoms with Gasteiger partial charge in [0.2, 0.25) is 0 Å². The van der Waals surface area contributed by atoms with Crippen molar-refractivity contribution in [1.82, 2.24) is 5.32 Å². The van der Waals surface area contributed by atoms with Crippen molar-refractivity contribution in [3.8, 4) is 0 Å². The van der Waals surface area contributed by atoms with Crippen LogP contribution in [0.3, 0.4) is 0 Å². The van der Waals surface area contributed by atoms with Crippen LogP contribution < -0.4 is 10.6 Å². The van der Waals surface area contributed by atoms with Crippen molar-refractivity contribution >= 4 is 27.5 Å². The van der Waals surface area contributed by atoms with E-state index >= 15 is 0 Å². The number of carbonyl (C=O) groups excluding carboxylic acids is 1. The number of amides is 1. The Kier molecular flexibility index (Phi) is 5.99. The van der Waals surface area contributed by atoms with E-state index in [0.717, 1.165) is 10.0 Å². The van der Waals surface area contributed by atoms with E-state index in [0.29, 0.717) is 24.3 Å². The largest absolute Gasteiger partial charge is 0.384 e. The number of hydrogen-bond donors (Lipinski definition) is 2. The minimum Gasteiger partial charge on any atom is -0.384 e. The van der Waals surface area contributed by atoms with Crippen LogP contribution in [0.2, 0.25) is 0 Å². The van der Waals surface area contributed by atoms with Gasteiger partial charge >= 0.3 is 0 Å². The average Bonchev–Trinajstić information content (AvgIpc) is 2.51. The van der Waals surface area contributed by atoms with Gasteiger partial charge in [-0.25, -0.2) is 4.39 Å². The van der Waals surface area contributed by atoms with Gasteiger partial charge in [-0.1, -0.05) is 48.8 Å². The Hall–Kier alpha value is -1.88. The summed E-state index contributed by atoms with van der Waals surface area (Å²) in [5, 5.41) is 6.05. The Morgan fingerprint density at radius 2 is 1.79 bits per heavy atom. The standard InChI is InChI=1S/C19H22BrFN2O/c1-19(2,3)12-23-17-10-15(21)8-9-16(17)18(24)22-11-13-4-6-14(20)7-5-13/h4-10,23H,11-12H2,1-3H3,(H,22,24). The molecule has 0 aliphatic rings. The average molecular weight is 393 g/mol. The molecule has 0 aromatic heterocycles. The zero-order chi connectivity index (χ0) is 17.7. The molecule has 0 saturated heterocycles. The Labute approximate surface area is 150 Å². The minimum absolute atomic E-state index is 0.0253. The van der Waals surface area contributed by atoms with Gasteiger partial charge in [0.15, 0.2) is 0 Å². The maximum Gasteiger partial charge on any atom is 0.253 e. The van der Waals surface area contributed by atoms with Gasteiger partial charge < -0.3 is 10.6 Å². The van der Waals surface area contributed by atoms with E-state index in [2.05, 4.69) is 47.3 Å². The fourth-order valence-corrected chi connectivity index (χ4v) is 2.37. The summed E-state index contributed by atoms with van der Waals surface area (Å²) in [7, 11) is 0. The second-order valence-electron chi connectivity index (χ2n) is 6.91. The van der Waals surface area contributed by atoms with Crippen LogP contribution in [-0.2, 0) is 6.54 Å². The molecule has 0 heterocycles. The molecule has 0 saturated carbocycles. The summed E-state index contributed by atoms with van der Waals surface area (Å²) in [4.78, 5) is 12.5. The molecule has 2 rings (SSSR count). The first-order valence-corrected chi connectivity index (χ1v) is 8.60. The maximum atomic E-state index is 13.5. The lowest BCUT2D eigenvalue weighted by Gasteiger charge is -2.21. The summed E-state index contributed by atoms with van der Waals surface area (Å²) in [6, 6.07) is 11.9. The normalized spacial score (nSPS) is 11.2. The Balaban J connectivity index is 2.08. The lowest BCUT2D eigenvalue weighted by Crippen LogP contribution is -2.25. The number of benzene rings is 2. The van der Waals surface area contributed by atoms with Crippen molar-refractivity contribution in [2.75, 3.05) is 11.9 Å². The molecule has 2 N–H and O–H groups in total. The van der Waals surface area contributed by atoms with Crippen LogP contribution in [0.25, 0.3) is 0 Å². The second kappa shape index (κ2) is 7.79. The molecule has 0 fully saturated rings. The first-order valence-electron chi connectivity index (χ1n) is 7.81. The third-order valence-corrected chi connectivity index (χ3v) is 3.93. The quantitative estimate of drug-likeness (QED) is 0.753. The van der Waals surface area contributed by atoms with Crippen LogP contribution in [0, 0.1) is 11.2 Å². The summed E-state index contributed by atoms with van der Waals surface area (Å²) in [5.74, 6) is -0.592. The summed E-state index contributed by atoms with van der Waals surface area (Å²) in [5.41, 5.74) is 1.98. The second-order valence-corrected chi connectivity index (χ2v) is 7.83. The van der Waals surface area contributed by atoms with E-state index in [1.165, 1.54) is 18.2 Å². The maximum absolute atomic E-state index is 13.5. The van der Waals surface area contributed by atoms with Crippen molar-refractivity contribution in [3.05, 3.63) is 63.9 Å². The number of hydrogen-bond acceptors (Lipinski definition) is 2. The van der Waals surface area contributed by atoms with Gasteiger partial charge in [0.25, 0.3) is 5.91 Å². The number of rotatable bonds is 5. The molecule has 128 valence electrons. The minimum atomic E-state index is -0.365. The first-order chi connectivity index (χ1) is 11.2. The molecule has 0 bridgehead atoms. The molecule has 0 radical (unpaired) electrons. The van der Waals surface area contributed by atoms with Crippen molar-refractivity contribution < 1.29 is 9.18 Å². The van der Waals surface area contributed by atoms with Crippen LogP contribution in [0.1, 0.15) is 36.7 Å². The van der Waals surface area contributed by atoms with E-state index in [4.69, 9.17) is 0 Å². The van der Waals surface area contributed by atoms with Gasteiger partial charge in [-0.15, -0.1) is 0 Å². The summed E-state index contributed by atoms with van der Waals surface area (Å²) >= 11 is 3.38. The highest BCUT2D eigenvalue weighted by Crippen LogP contribution is 2.21. The van der Waals surface area contributed by atoms with Crippen molar-refractivity contribution in [2.24, 2.45) is 5.41 Å². The molecular weight excluding hydrogens is 371 g/mol. The third kappa shape index (κ3) is 5.64. The van der Waals surface area contributed by atoms with Crippen molar-refractivity contribution in [3.63, 3.8) is 0 Å². The fraction of sp³-hybridized carbons (Fsp3) is 0.316. The van der Waals surface area contributed by atoms with Crippen LogP contribution >= 0.6 is 15.9 Å². The highest BCUT2D eigenvalue weighted by molar-refractivity contribution is 9.10. The van der Waals surface area contributed by atoms with Crippen LogP contribution in [-0.4, -0.2) is 12.5 Å². The van der Waals surface area contributed by atoms with Crippen LogP contribution in [0.15, 0.2) is 46.9 Å². The van der Waals surface area contributed by atoms with Crippen LogP contribution in [0.5, 0.6) is 0 Å². The van der Waals surface area contributed by atoms with Gasteiger partial charge in [-0.2, -0.15) is 0 Å². The Morgan fingerprint density at radius 3 is 2.42 bits per heavy atom. The zero-order valence-corrected chi connectivity index (χ0v) is 15.7. The Morgan fingerprint density at radius 1 is 1.12 bits per heavy atom.